The number of thiazole rings is 1. The second kappa shape index (κ2) is 5.72. The maximum atomic E-state index is 4.33. The maximum absolute atomic E-state index is 4.33. The van der Waals surface area contributed by atoms with E-state index >= 15 is 0 Å². The Morgan fingerprint density at radius 1 is 1.38 bits per heavy atom. The molecule has 0 saturated heterocycles. The van der Waals surface area contributed by atoms with Gasteiger partial charge in [0.1, 0.15) is 0 Å². The SMILES string of the molecule is Cc1cnc(CCNCc2cccnc2)s1. The molecule has 4 heteroatoms. The van der Waals surface area contributed by atoms with E-state index in [4.69, 9.17) is 0 Å². The molecule has 0 saturated carbocycles. The lowest BCUT2D eigenvalue weighted by molar-refractivity contribution is 0.683. The maximum Gasteiger partial charge on any atom is 0.0940 e. The summed E-state index contributed by atoms with van der Waals surface area (Å²) in [6.45, 7) is 3.92. The molecular weight excluding hydrogens is 218 g/mol. The van der Waals surface area contributed by atoms with Gasteiger partial charge in [-0.1, -0.05) is 6.07 Å². The average Bonchev–Trinajstić information content (AvgIpc) is 2.72. The number of hydrogen-bond acceptors (Lipinski definition) is 4. The smallest absolute Gasteiger partial charge is 0.0940 e. The zero-order chi connectivity index (χ0) is 11.2. The molecule has 3 nitrogen and oxygen atoms in total. The van der Waals surface area contributed by atoms with Gasteiger partial charge in [0.2, 0.25) is 0 Å². The van der Waals surface area contributed by atoms with Crippen molar-refractivity contribution in [2.75, 3.05) is 6.54 Å². The molecule has 0 spiro atoms. The van der Waals surface area contributed by atoms with Crippen LogP contribution in [-0.4, -0.2) is 16.5 Å². The van der Waals surface area contributed by atoms with Gasteiger partial charge in [-0.05, 0) is 18.6 Å². The molecule has 2 aromatic rings. The van der Waals surface area contributed by atoms with Gasteiger partial charge in [0.05, 0.1) is 5.01 Å². The summed E-state index contributed by atoms with van der Waals surface area (Å²) >= 11 is 1.77. The van der Waals surface area contributed by atoms with Crippen LogP contribution in [0.15, 0.2) is 30.7 Å². The molecule has 2 aromatic heterocycles. The third kappa shape index (κ3) is 3.40. The zero-order valence-electron chi connectivity index (χ0n) is 9.31. The van der Waals surface area contributed by atoms with Crippen LogP contribution in [0.5, 0.6) is 0 Å². The fourth-order valence-corrected chi connectivity index (χ4v) is 2.23. The van der Waals surface area contributed by atoms with Crippen LogP contribution in [0.3, 0.4) is 0 Å². The Balaban J connectivity index is 1.69. The molecule has 0 unspecified atom stereocenters. The molecule has 16 heavy (non-hydrogen) atoms. The summed E-state index contributed by atoms with van der Waals surface area (Å²) in [6.07, 6.45) is 6.61. The van der Waals surface area contributed by atoms with Crippen LogP contribution in [0.1, 0.15) is 15.4 Å². The van der Waals surface area contributed by atoms with Crippen molar-refractivity contribution in [3.05, 3.63) is 46.2 Å². The number of nitrogens with zero attached hydrogens (tertiary/aromatic N) is 2. The zero-order valence-corrected chi connectivity index (χ0v) is 10.1. The van der Waals surface area contributed by atoms with Gasteiger partial charge in [-0.15, -0.1) is 11.3 Å². The molecule has 2 rings (SSSR count). The van der Waals surface area contributed by atoms with Crippen molar-refractivity contribution < 1.29 is 0 Å². The molecular formula is C12H15N3S. The van der Waals surface area contributed by atoms with Crippen molar-refractivity contribution in [3.63, 3.8) is 0 Å². The molecule has 0 fully saturated rings. The van der Waals surface area contributed by atoms with E-state index in [-0.39, 0.29) is 0 Å². The molecule has 0 bridgehead atoms. The highest BCUT2D eigenvalue weighted by Crippen LogP contribution is 2.10. The van der Waals surface area contributed by atoms with Crippen molar-refractivity contribution in [2.24, 2.45) is 0 Å². The second-order valence-corrected chi connectivity index (χ2v) is 4.97. The Kier molecular flexibility index (Phi) is 4.02. The minimum atomic E-state index is 0.873. The summed E-state index contributed by atoms with van der Waals surface area (Å²) in [7, 11) is 0. The largest absolute Gasteiger partial charge is 0.312 e. The number of aryl methyl sites for hydroxylation is 1. The van der Waals surface area contributed by atoms with Crippen molar-refractivity contribution >= 4 is 11.3 Å². The van der Waals surface area contributed by atoms with E-state index in [0.717, 1.165) is 19.5 Å². The van der Waals surface area contributed by atoms with Gasteiger partial charge in [-0.2, -0.15) is 0 Å². The van der Waals surface area contributed by atoms with Crippen LogP contribution in [0.4, 0.5) is 0 Å². The van der Waals surface area contributed by atoms with Gasteiger partial charge in [-0.3, -0.25) is 4.98 Å². The number of pyridine rings is 1. The van der Waals surface area contributed by atoms with E-state index in [0.29, 0.717) is 0 Å². The van der Waals surface area contributed by atoms with Crippen molar-refractivity contribution in [1.82, 2.24) is 15.3 Å². The van der Waals surface area contributed by atoms with Crippen LogP contribution in [0.25, 0.3) is 0 Å². The number of rotatable bonds is 5. The Morgan fingerprint density at radius 3 is 3.00 bits per heavy atom. The summed E-state index contributed by atoms with van der Waals surface area (Å²) in [6, 6.07) is 4.04. The summed E-state index contributed by atoms with van der Waals surface area (Å²) in [5.74, 6) is 0. The standard InChI is InChI=1S/C12H15N3S/c1-10-7-15-12(16-10)4-6-14-9-11-3-2-5-13-8-11/h2-3,5,7-8,14H,4,6,9H2,1H3. The first-order chi connectivity index (χ1) is 7.84. The van der Waals surface area contributed by atoms with Crippen molar-refractivity contribution in [1.29, 1.82) is 0 Å². The van der Waals surface area contributed by atoms with Crippen LogP contribution in [0, 0.1) is 6.92 Å². The lowest BCUT2D eigenvalue weighted by Gasteiger charge is -2.02. The molecule has 0 radical (unpaired) electrons. The fourth-order valence-electron chi connectivity index (χ4n) is 1.45. The first-order valence-corrected chi connectivity index (χ1v) is 6.17. The fraction of sp³-hybridized carbons (Fsp3) is 0.333. The average molecular weight is 233 g/mol. The first kappa shape index (κ1) is 11.2. The summed E-state index contributed by atoms with van der Waals surface area (Å²) < 4.78 is 0. The van der Waals surface area contributed by atoms with Crippen LogP contribution >= 0.6 is 11.3 Å². The molecule has 84 valence electrons. The molecule has 0 aromatic carbocycles. The van der Waals surface area contributed by atoms with E-state index in [1.54, 1.807) is 17.5 Å². The van der Waals surface area contributed by atoms with Gasteiger partial charge in [0, 0.05) is 43.0 Å². The molecule has 0 aliphatic rings. The van der Waals surface area contributed by atoms with Crippen LogP contribution in [0.2, 0.25) is 0 Å². The summed E-state index contributed by atoms with van der Waals surface area (Å²) in [4.78, 5) is 9.68. The predicted octanol–water partition coefficient (Wildman–Crippen LogP) is 2.18. The molecule has 0 aliphatic carbocycles. The Hall–Kier alpha value is -1.26. The summed E-state index contributed by atoms with van der Waals surface area (Å²) in [5, 5.41) is 4.59. The Bertz CT molecular complexity index is 425. The lowest BCUT2D eigenvalue weighted by Crippen LogP contribution is -2.16. The van der Waals surface area contributed by atoms with E-state index < -0.39 is 0 Å². The highest BCUT2D eigenvalue weighted by molar-refractivity contribution is 7.11. The molecule has 1 N–H and O–H groups in total. The number of hydrogen-bond donors (Lipinski definition) is 1. The summed E-state index contributed by atoms with van der Waals surface area (Å²) in [5.41, 5.74) is 1.22. The normalized spacial score (nSPS) is 10.6. The minimum absolute atomic E-state index is 0.873. The van der Waals surface area contributed by atoms with Crippen molar-refractivity contribution in [2.45, 2.75) is 19.9 Å². The second-order valence-electron chi connectivity index (χ2n) is 3.65. The van der Waals surface area contributed by atoms with Crippen LogP contribution < -0.4 is 5.32 Å². The highest BCUT2D eigenvalue weighted by atomic mass is 32.1. The number of nitrogens with one attached hydrogen (secondary N) is 1. The van der Waals surface area contributed by atoms with Crippen LogP contribution in [-0.2, 0) is 13.0 Å². The molecule has 2 heterocycles. The van der Waals surface area contributed by atoms with E-state index in [1.165, 1.54) is 15.4 Å². The predicted molar refractivity (Wildman–Crippen MR) is 66.5 cm³/mol. The molecule has 0 aliphatic heterocycles. The third-order valence-electron chi connectivity index (χ3n) is 2.24. The lowest BCUT2D eigenvalue weighted by atomic mass is 10.3. The van der Waals surface area contributed by atoms with Crippen molar-refractivity contribution in [3.8, 4) is 0 Å². The third-order valence-corrected chi connectivity index (χ3v) is 3.21. The minimum Gasteiger partial charge on any atom is -0.312 e. The van der Waals surface area contributed by atoms with E-state index in [2.05, 4.69) is 28.3 Å². The topological polar surface area (TPSA) is 37.8 Å². The molecule has 0 amide bonds. The van der Waals surface area contributed by atoms with Gasteiger partial charge in [0.25, 0.3) is 0 Å². The van der Waals surface area contributed by atoms with E-state index in [9.17, 15) is 0 Å². The Labute approximate surface area is 99.6 Å². The van der Waals surface area contributed by atoms with Gasteiger partial charge in [0.15, 0.2) is 0 Å². The Morgan fingerprint density at radius 2 is 2.31 bits per heavy atom. The molecule has 0 atom stereocenters. The van der Waals surface area contributed by atoms with Gasteiger partial charge >= 0.3 is 0 Å². The van der Waals surface area contributed by atoms with E-state index in [1.807, 2.05) is 18.5 Å². The monoisotopic (exact) mass is 233 g/mol. The van der Waals surface area contributed by atoms with Gasteiger partial charge in [-0.25, -0.2) is 4.98 Å². The quantitative estimate of drug-likeness (QED) is 0.804. The highest BCUT2D eigenvalue weighted by Gasteiger charge is 1.98. The first-order valence-electron chi connectivity index (χ1n) is 5.35. The number of aromatic nitrogens is 2. The van der Waals surface area contributed by atoms with Gasteiger partial charge < -0.3 is 5.32 Å².